The Morgan fingerprint density at radius 1 is 0.279 bits per heavy atom. The Morgan fingerprint density at radius 2 is 0.442 bits per heavy atom. The highest BCUT2D eigenvalue weighted by atomic mass is 28.4. The number of hydrogen-bond acceptors (Lipinski definition) is 4. The number of hydrogen-bond donors (Lipinski definition) is 1. The maximum Gasteiger partial charge on any atom is 0.500 e. The molecule has 0 aliphatic heterocycles. The summed E-state index contributed by atoms with van der Waals surface area (Å²) in [5, 5.41) is 8.80. The smallest absolute Gasteiger partial charge is 0.396 e. The predicted octanol–water partition coefficient (Wildman–Crippen LogP) is 12.7. The van der Waals surface area contributed by atoms with Crippen LogP contribution >= 0.6 is 0 Å². The molecule has 0 aromatic carbocycles. The minimum atomic E-state index is -2.35. The van der Waals surface area contributed by atoms with Crippen molar-refractivity contribution in [3.63, 3.8) is 0 Å². The normalized spacial score (nSPS) is 12.0. The highest BCUT2D eigenvalue weighted by Crippen LogP contribution is 2.19. The zero-order chi connectivity index (χ0) is 31.4. The molecule has 0 spiro atoms. The lowest BCUT2D eigenvalue weighted by atomic mass is 10.0. The van der Waals surface area contributed by atoms with E-state index in [1.165, 1.54) is 199 Å². The van der Waals surface area contributed by atoms with Crippen LogP contribution in [0.2, 0.25) is 6.04 Å². The molecule has 0 aliphatic carbocycles. The fraction of sp³-hybridized carbons (Fsp3) is 1.00. The molecule has 0 saturated carbocycles. The third kappa shape index (κ3) is 31.8. The largest absolute Gasteiger partial charge is 0.500 e. The summed E-state index contributed by atoms with van der Waals surface area (Å²) < 4.78 is 16.5. The summed E-state index contributed by atoms with van der Waals surface area (Å²) in [4.78, 5) is 0. The predicted molar refractivity (Wildman–Crippen MR) is 191 cm³/mol. The van der Waals surface area contributed by atoms with Crippen molar-refractivity contribution in [2.45, 2.75) is 218 Å². The first-order valence-corrected chi connectivity index (χ1v) is 21.4. The van der Waals surface area contributed by atoms with Crippen LogP contribution in [0.25, 0.3) is 0 Å². The Balaban J connectivity index is 3.12. The van der Waals surface area contributed by atoms with Crippen LogP contribution in [-0.4, -0.2) is 41.8 Å². The molecule has 0 saturated heterocycles. The molecule has 0 heterocycles. The molecule has 260 valence electrons. The molecule has 0 radical (unpaired) electrons. The SMILES string of the molecule is CO[Si](CCCCCCCCCCCCCCCCCCCCCCCCCCCCCCCCCCCO)(OC)OC. The quantitative estimate of drug-likeness (QED) is 0.0546. The first-order chi connectivity index (χ1) is 21.2. The molecule has 0 unspecified atom stereocenters. The van der Waals surface area contributed by atoms with Gasteiger partial charge in [-0.25, -0.2) is 0 Å². The van der Waals surface area contributed by atoms with E-state index in [0.29, 0.717) is 6.61 Å². The molecule has 43 heavy (non-hydrogen) atoms. The van der Waals surface area contributed by atoms with E-state index in [2.05, 4.69) is 0 Å². The summed E-state index contributed by atoms with van der Waals surface area (Å²) >= 11 is 0. The van der Waals surface area contributed by atoms with Gasteiger partial charge < -0.3 is 18.4 Å². The van der Waals surface area contributed by atoms with Crippen molar-refractivity contribution in [3.8, 4) is 0 Å². The van der Waals surface area contributed by atoms with E-state index in [9.17, 15) is 0 Å². The number of unbranched alkanes of at least 4 members (excludes halogenated alkanes) is 32. The van der Waals surface area contributed by atoms with Gasteiger partial charge in [-0.3, -0.25) is 0 Å². The van der Waals surface area contributed by atoms with Gasteiger partial charge in [0.2, 0.25) is 0 Å². The standard InChI is InChI=1S/C38H80O4Si/c1-40-43(41-2,42-3)38-36-34-32-30-28-26-24-22-20-18-16-14-12-10-8-6-4-5-7-9-11-13-15-17-19-21-23-25-27-29-31-33-35-37-39/h39H,4-38H2,1-3H3. The van der Waals surface area contributed by atoms with Gasteiger partial charge in [-0.05, 0) is 12.8 Å². The lowest BCUT2D eigenvalue weighted by molar-refractivity contribution is 0.122. The van der Waals surface area contributed by atoms with Crippen LogP contribution < -0.4 is 0 Å². The Hall–Kier alpha value is 0.0569. The van der Waals surface area contributed by atoms with E-state index >= 15 is 0 Å². The first-order valence-electron chi connectivity index (χ1n) is 19.5. The second-order valence-electron chi connectivity index (χ2n) is 13.4. The number of aliphatic hydroxyl groups excluding tert-OH is 1. The Kier molecular flexibility index (Phi) is 36.6. The van der Waals surface area contributed by atoms with Crippen LogP contribution in [0.3, 0.4) is 0 Å². The van der Waals surface area contributed by atoms with Gasteiger partial charge in [-0.1, -0.05) is 199 Å². The average molecular weight is 629 g/mol. The summed E-state index contributed by atoms with van der Waals surface area (Å²) in [6.07, 6.45) is 46.3. The third-order valence-corrected chi connectivity index (χ3v) is 12.4. The third-order valence-electron chi connectivity index (χ3n) is 9.57. The lowest BCUT2D eigenvalue weighted by Crippen LogP contribution is -2.42. The minimum absolute atomic E-state index is 0.370. The van der Waals surface area contributed by atoms with E-state index in [0.717, 1.165) is 18.9 Å². The molecule has 0 fully saturated rings. The molecule has 0 aromatic heterocycles. The van der Waals surface area contributed by atoms with Crippen molar-refractivity contribution < 1.29 is 18.4 Å². The Morgan fingerprint density at radius 3 is 0.605 bits per heavy atom. The van der Waals surface area contributed by atoms with Gasteiger partial charge in [0.25, 0.3) is 0 Å². The molecule has 0 aliphatic rings. The molecule has 0 rings (SSSR count). The summed E-state index contributed by atoms with van der Waals surface area (Å²) in [6, 6.07) is 0.938. The van der Waals surface area contributed by atoms with Gasteiger partial charge in [-0.15, -0.1) is 0 Å². The zero-order valence-corrected chi connectivity index (χ0v) is 30.9. The fourth-order valence-corrected chi connectivity index (χ4v) is 8.28. The van der Waals surface area contributed by atoms with E-state index in [4.69, 9.17) is 18.4 Å². The van der Waals surface area contributed by atoms with Gasteiger partial charge >= 0.3 is 8.80 Å². The second-order valence-corrected chi connectivity index (χ2v) is 16.5. The first kappa shape index (κ1) is 43.1. The molecule has 0 aromatic rings. The topological polar surface area (TPSA) is 47.9 Å². The van der Waals surface area contributed by atoms with Crippen LogP contribution in [0.15, 0.2) is 0 Å². The van der Waals surface area contributed by atoms with Gasteiger partial charge in [0.1, 0.15) is 0 Å². The summed E-state index contributed by atoms with van der Waals surface area (Å²) in [6.45, 7) is 0.370. The van der Waals surface area contributed by atoms with E-state index in [1.807, 2.05) is 0 Å². The highest BCUT2D eigenvalue weighted by Gasteiger charge is 2.36. The number of rotatable bonds is 38. The molecule has 4 nitrogen and oxygen atoms in total. The van der Waals surface area contributed by atoms with Gasteiger partial charge in [0.05, 0.1) is 0 Å². The van der Waals surface area contributed by atoms with Crippen molar-refractivity contribution in [1.82, 2.24) is 0 Å². The van der Waals surface area contributed by atoms with Crippen molar-refractivity contribution in [3.05, 3.63) is 0 Å². The van der Waals surface area contributed by atoms with E-state index in [1.54, 1.807) is 21.3 Å². The monoisotopic (exact) mass is 629 g/mol. The zero-order valence-electron chi connectivity index (χ0n) is 29.9. The summed E-state index contributed by atoms with van der Waals surface area (Å²) in [7, 11) is 2.78. The molecular formula is C38H80O4Si. The lowest BCUT2D eigenvalue weighted by Gasteiger charge is -2.24. The van der Waals surface area contributed by atoms with Crippen molar-refractivity contribution in [1.29, 1.82) is 0 Å². The summed E-state index contributed by atoms with van der Waals surface area (Å²) in [5.41, 5.74) is 0. The Bertz CT molecular complexity index is 492. The van der Waals surface area contributed by atoms with E-state index in [-0.39, 0.29) is 0 Å². The van der Waals surface area contributed by atoms with E-state index < -0.39 is 8.80 Å². The van der Waals surface area contributed by atoms with Crippen LogP contribution in [0.1, 0.15) is 212 Å². The van der Waals surface area contributed by atoms with Crippen LogP contribution in [0.4, 0.5) is 0 Å². The van der Waals surface area contributed by atoms with Crippen molar-refractivity contribution in [2.75, 3.05) is 27.9 Å². The maximum absolute atomic E-state index is 8.80. The van der Waals surface area contributed by atoms with Crippen molar-refractivity contribution >= 4 is 8.80 Å². The molecular weight excluding hydrogens is 549 g/mol. The van der Waals surface area contributed by atoms with Crippen LogP contribution in [-0.2, 0) is 13.3 Å². The average Bonchev–Trinajstić information content (AvgIpc) is 3.03. The number of aliphatic hydroxyl groups is 1. The Labute approximate surface area is 272 Å². The molecule has 0 bridgehead atoms. The summed E-state index contributed by atoms with van der Waals surface area (Å²) in [5.74, 6) is 0. The fourth-order valence-electron chi connectivity index (χ4n) is 6.49. The van der Waals surface area contributed by atoms with Gasteiger partial charge in [-0.2, -0.15) is 0 Å². The minimum Gasteiger partial charge on any atom is -0.396 e. The molecule has 0 atom stereocenters. The van der Waals surface area contributed by atoms with Crippen molar-refractivity contribution in [2.24, 2.45) is 0 Å². The van der Waals surface area contributed by atoms with Crippen LogP contribution in [0, 0.1) is 0 Å². The molecule has 1 N–H and O–H groups in total. The highest BCUT2D eigenvalue weighted by molar-refractivity contribution is 6.60. The molecule has 0 amide bonds. The second kappa shape index (κ2) is 36.5. The molecule has 5 heteroatoms. The van der Waals surface area contributed by atoms with Gasteiger partial charge in [0, 0.05) is 34.0 Å². The van der Waals surface area contributed by atoms with Gasteiger partial charge in [0.15, 0.2) is 0 Å². The maximum atomic E-state index is 8.80. The van der Waals surface area contributed by atoms with Crippen LogP contribution in [0.5, 0.6) is 0 Å².